The normalized spacial score (nSPS) is 16.4. The van der Waals surface area contributed by atoms with Crippen LogP contribution in [-0.2, 0) is 11.2 Å². The van der Waals surface area contributed by atoms with E-state index in [0.29, 0.717) is 12.5 Å². The highest BCUT2D eigenvalue weighted by atomic mass is 16.2. The summed E-state index contributed by atoms with van der Waals surface area (Å²) in [4.78, 5) is 21.3. The van der Waals surface area contributed by atoms with Crippen molar-refractivity contribution in [1.29, 1.82) is 0 Å². The van der Waals surface area contributed by atoms with Crippen molar-refractivity contribution in [2.45, 2.75) is 33.2 Å². The number of nitrogens with zero attached hydrogens (tertiary/aromatic N) is 4. The van der Waals surface area contributed by atoms with E-state index in [1.54, 1.807) is 0 Å². The molecule has 5 heteroatoms. The van der Waals surface area contributed by atoms with E-state index in [4.69, 9.17) is 0 Å². The quantitative estimate of drug-likeness (QED) is 0.870. The Kier molecular flexibility index (Phi) is 4.66. The SMILES string of the molecule is CCN1CCN(C(=O)Cc2ccc3c(c2)ncn3C(C)C)CC1. The molecule has 1 fully saturated rings. The maximum Gasteiger partial charge on any atom is 0.227 e. The molecule has 1 aliphatic rings. The topological polar surface area (TPSA) is 41.4 Å². The molecule has 1 amide bonds. The van der Waals surface area contributed by atoms with E-state index in [1.807, 2.05) is 11.2 Å². The Morgan fingerprint density at radius 3 is 2.61 bits per heavy atom. The molecular weight excluding hydrogens is 288 g/mol. The number of hydrogen-bond donors (Lipinski definition) is 0. The molecule has 5 nitrogen and oxygen atoms in total. The molecule has 0 radical (unpaired) electrons. The highest BCUT2D eigenvalue weighted by Crippen LogP contribution is 2.19. The predicted molar refractivity (Wildman–Crippen MR) is 92.5 cm³/mol. The monoisotopic (exact) mass is 314 g/mol. The first kappa shape index (κ1) is 16.0. The second-order valence-electron chi connectivity index (χ2n) is 6.56. The van der Waals surface area contributed by atoms with Crippen LogP contribution in [0.1, 0.15) is 32.4 Å². The average Bonchev–Trinajstić information content (AvgIpc) is 2.98. The number of rotatable bonds is 4. The second-order valence-corrected chi connectivity index (χ2v) is 6.56. The minimum absolute atomic E-state index is 0.225. The van der Waals surface area contributed by atoms with Crippen molar-refractivity contribution in [2.75, 3.05) is 32.7 Å². The molecule has 1 aliphatic heterocycles. The molecule has 3 rings (SSSR count). The first-order chi connectivity index (χ1) is 11.1. The van der Waals surface area contributed by atoms with Crippen molar-refractivity contribution >= 4 is 16.9 Å². The van der Waals surface area contributed by atoms with Crippen molar-refractivity contribution in [2.24, 2.45) is 0 Å². The van der Waals surface area contributed by atoms with Crippen molar-refractivity contribution in [3.63, 3.8) is 0 Å². The van der Waals surface area contributed by atoms with Crippen LogP contribution < -0.4 is 0 Å². The highest BCUT2D eigenvalue weighted by Gasteiger charge is 2.20. The standard InChI is InChI=1S/C18H26N4O/c1-4-20-7-9-21(10-8-20)18(23)12-15-5-6-17-16(11-15)19-13-22(17)14(2)3/h5-6,11,13-14H,4,7-10,12H2,1-3H3. The van der Waals surface area contributed by atoms with Gasteiger partial charge in [0.2, 0.25) is 5.91 Å². The molecule has 124 valence electrons. The third-order valence-corrected chi connectivity index (χ3v) is 4.72. The summed E-state index contributed by atoms with van der Waals surface area (Å²) in [5.74, 6) is 0.225. The van der Waals surface area contributed by atoms with Gasteiger partial charge in [-0.05, 0) is 38.1 Å². The zero-order chi connectivity index (χ0) is 16.4. The van der Waals surface area contributed by atoms with Crippen LogP contribution >= 0.6 is 0 Å². The molecule has 23 heavy (non-hydrogen) atoms. The van der Waals surface area contributed by atoms with Gasteiger partial charge in [0.05, 0.1) is 23.8 Å². The lowest BCUT2D eigenvalue weighted by atomic mass is 10.1. The number of carbonyl (C=O) groups excluding carboxylic acids is 1. The smallest absolute Gasteiger partial charge is 0.227 e. The molecule has 0 N–H and O–H groups in total. The van der Waals surface area contributed by atoms with Crippen LogP contribution in [0.2, 0.25) is 0 Å². The van der Waals surface area contributed by atoms with Gasteiger partial charge in [-0.2, -0.15) is 0 Å². The highest BCUT2D eigenvalue weighted by molar-refractivity contribution is 5.82. The number of aromatic nitrogens is 2. The van der Waals surface area contributed by atoms with E-state index < -0.39 is 0 Å². The maximum atomic E-state index is 12.5. The van der Waals surface area contributed by atoms with Gasteiger partial charge in [-0.3, -0.25) is 4.79 Å². The van der Waals surface area contributed by atoms with Gasteiger partial charge >= 0.3 is 0 Å². The van der Waals surface area contributed by atoms with Gasteiger partial charge in [0.25, 0.3) is 0 Å². The summed E-state index contributed by atoms with van der Waals surface area (Å²) < 4.78 is 2.16. The Morgan fingerprint density at radius 2 is 1.96 bits per heavy atom. The zero-order valence-electron chi connectivity index (χ0n) is 14.3. The van der Waals surface area contributed by atoms with Crippen LogP contribution in [0, 0.1) is 0 Å². The lowest BCUT2D eigenvalue weighted by Crippen LogP contribution is -2.48. The summed E-state index contributed by atoms with van der Waals surface area (Å²) in [6, 6.07) is 6.58. The van der Waals surface area contributed by atoms with Gasteiger partial charge in [-0.25, -0.2) is 4.98 Å². The summed E-state index contributed by atoms with van der Waals surface area (Å²) in [6.07, 6.45) is 2.35. The molecule has 0 atom stereocenters. The second kappa shape index (κ2) is 6.71. The minimum Gasteiger partial charge on any atom is -0.340 e. The van der Waals surface area contributed by atoms with Crippen molar-refractivity contribution < 1.29 is 4.79 Å². The van der Waals surface area contributed by atoms with E-state index in [0.717, 1.165) is 49.3 Å². The molecule has 1 saturated heterocycles. The van der Waals surface area contributed by atoms with Gasteiger partial charge in [-0.15, -0.1) is 0 Å². The fourth-order valence-electron chi connectivity index (χ4n) is 3.20. The number of imidazole rings is 1. The van der Waals surface area contributed by atoms with Crippen LogP contribution in [0.25, 0.3) is 11.0 Å². The molecule has 0 bridgehead atoms. The lowest BCUT2D eigenvalue weighted by molar-refractivity contribution is -0.132. The first-order valence-corrected chi connectivity index (χ1v) is 8.54. The Hall–Kier alpha value is -1.88. The molecule has 2 heterocycles. The van der Waals surface area contributed by atoms with Gasteiger partial charge < -0.3 is 14.4 Å². The van der Waals surface area contributed by atoms with Crippen LogP contribution in [0.5, 0.6) is 0 Å². The number of hydrogen-bond acceptors (Lipinski definition) is 3. The molecule has 1 aromatic heterocycles. The van der Waals surface area contributed by atoms with Crippen LogP contribution in [0.3, 0.4) is 0 Å². The lowest BCUT2D eigenvalue weighted by Gasteiger charge is -2.34. The third kappa shape index (κ3) is 3.39. The molecule has 0 spiro atoms. The number of fused-ring (bicyclic) bond motifs is 1. The summed E-state index contributed by atoms with van der Waals surface area (Å²) in [6.45, 7) is 11.2. The minimum atomic E-state index is 0.225. The van der Waals surface area contributed by atoms with Gasteiger partial charge in [-0.1, -0.05) is 13.0 Å². The summed E-state index contributed by atoms with van der Waals surface area (Å²) >= 11 is 0. The fourth-order valence-corrected chi connectivity index (χ4v) is 3.20. The van der Waals surface area contributed by atoms with E-state index >= 15 is 0 Å². The summed E-state index contributed by atoms with van der Waals surface area (Å²) in [7, 11) is 0. The Balaban J connectivity index is 1.68. The van der Waals surface area contributed by atoms with Crippen LogP contribution in [-0.4, -0.2) is 58.0 Å². The van der Waals surface area contributed by atoms with Crippen LogP contribution in [0.4, 0.5) is 0 Å². The molecule has 0 aliphatic carbocycles. The molecule has 2 aromatic rings. The van der Waals surface area contributed by atoms with Crippen molar-refractivity contribution in [1.82, 2.24) is 19.4 Å². The Labute approximate surface area is 137 Å². The molecule has 1 aromatic carbocycles. The molecular formula is C18H26N4O. The van der Waals surface area contributed by atoms with Gasteiger partial charge in [0.15, 0.2) is 0 Å². The van der Waals surface area contributed by atoms with E-state index in [2.05, 4.69) is 53.4 Å². The first-order valence-electron chi connectivity index (χ1n) is 8.54. The number of likely N-dealkylation sites (N-methyl/N-ethyl adjacent to an activating group) is 1. The van der Waals surface area contributed by atoms with E-state index in [-0.39, 0.29) is 5.91 Å². The van der Waals surface area contributed by atoms with Crippen LogP contribution in [0.15, 0.2) is 24.5 Å². The fraction of sp³-hybridized carbons (Fsp3) is 0.556. The molecule has 0 unspecified atom stereocenters. The van der Waals surface area contributed by atoms with Crippen molar-refractivity contribution in [3.05, 3.63) is 30.1 Å². The van der Waals surface area contributed by atoms with E-state index in [9.17, 15) is 4.79 Å². The Bertz CT molecular complexity index is 683. The number of benzene rings is 1. The molecule has 0 saturated carbocycles. The number of carbonyl (C=O) groups is 1. The summed E-state index contributed by atoms with van der Waals surface area (Å²) in [5, 5.41) is 0. The van der Waals surface area contributed by atoms with Crippen molar-refractivity contribution in [3.8, 4) is 0 Å². The van der Waals surface area contributed by atoms with E-state index in [1.165, 1.54) is 0 Å². The van der Waals surface area contributed by atoms with Gasteiger partial charge in [0.1, 0.15) is 0 Å². The zero-order valence-corrected chi connectivity index (χ0v) is 14.3. The summed E-state index contributed by atoms with van der Waals surface area (Å²) in [5.41, 5.74) is 3.15. The largest absolute Gasteiger partial charge is 0.340 e. The maximum absolute atomic E-state index is 12.5. The third-order valence-electron chi connectivity index (χ3n) is 4.72. The predicted octanol–water partition coefficient (Wildman–Crippen LogP) is 2.32. The van der Waals surface area contributed by atoms with Gasteiger partial charge in [0, 0.05) is 32.2 Å². The Morgan fingerprint density at radius 1 is 1.22 bits per heavy atom. The number of piperazine rings is 1. The number of amides is 1. The average molecular weight is 314 g/mol.